The number of hydrogen-bond donors (Lipinski definition) is 2. The monoisotopic (exact) mass is 446 g/mol. The second kappa shape index (κ2) is 8.19. The summed E-state index contributed by atoms with van der Waals surface area (Å²) >= 11 is 6.03. The number of ether oxygens (including phenoxy) is 3. The van der Waals surface area contributed by atoms with Crippen LogP contribution in [0.15, 0.2) is 24.7 Å². The van der Waals surface area contributed by atoms with Crippen molar-refractivity contribution in [2.24, 2.45) is 0 Å². The summed E-state index contributed by atoms with van der Waals surface area (Å²) in [4.78, 5) is 25.3. The molecule has 162 valence electrons. The number of nitrogens with one attached hydrogen (secondary N) is 1. The lowest BCUT2D eigenvalue weighted by molar-refractivity contribution is 0.145. The van der Waals surface area contributed by atoms with Crippen LogP contribution in [0.3, 0.4) is 0 Å². The first-order valence-electron chi connectivity index (χ1n) is 9.08. The van der Waals surface area contributed by atoms with Crippen LogP contribution in [0.4, 0.5) is 16.4 Å². The molecule has 1 amide bonds. The number of imidazole rings is 1. The van der Waals surface area contributed by atoms with Gasteiger partial charge in [0.1, 0.15) is 18.0 Å². The highest BCUT2D eigenvalue weighted by atomic mass is 35.5. The normalized spacial score (nSPS) is 12.5. The molecule has 1 aliphatic heterocycles. The Morgan fingerprint density at radius 2 is 1.84 bits per heavy atom. The third kappa shape index (κ3) is 3.87. The van der Waals surface area contributed by atoms with Crippen LogP contribution < -0.4 is 19.5 Å². The lowest BCUT2D eigenvalue weighted by atomic mass is 10.2. The van der Waals surface area contributed by atoms with Gasteiger partial charge in [-0.2, -0.15) is 0 Å². The van der Waals surface area contributed by atoms with Gasteiger partial charge in [-0.15, -0.1) is 0 Å². The third-order valence-electron chi connectivity index (χ3n) is 4.80. The number of rotatable bonds is 6. The maximum atomic E-state index is 11.3. The van der Waals surface area contributed by atoms with Crippen molar-refractivity contribution >= 4 is 29.3 Å². The molecule has 31 heavy (non-hydrogen) atoms. The summed E-state index contributed by atoms with van der Waals surface area (Å²) in [6, 6.07) is 3.58. The summed E-state index contributed by atoms with van der Waals surface area (Å²) in [5.74, 6) is 2.40. The minimum atomic E-state index is -1.04. The largest absolute Gasteiger partial charge is 0.493 e. The summed E-state index contributed by atoms with van der Waals surface area (Å²) < 4.78 is 17.9. The standard InChI is InChI=1S/C19H19ClN6O5/c1-29-13-4-10(5-14(30-2)16(13)31-3)26-8-15(21-9-26)23-17-11-6-25(19(27)28)7-12(11)22-18(20)24-17/h4-5,8-9H,6-7H2,1-3H3,(H,27,28)(H,22,23,24). The van der Waals surface area contributed by atoms with Crippen molar-refractivity contribution in [3.8, 4) is 22.9 Å². The highest BCUT2D eigenvalue weighted by molar-refractivity contribution is 6.28. The number of halogens is 1. The molecule has 0 unspecified atom stereocenters. The molecule has 12 heteroatoms. The molecular formula is C19H19ClN6O5. The number of anilines is 2. The Bertz CT molecular complexity index is 1130. The van der Waals surface area contributed by atoms with Gasteiger partial charge in [-0.3, -0.25) is 4.90 Å². The van der Waals surface area contributed by atoms with Gasteiger partial charge in [0.25, 0.3) is 0 Å². The quantitative estimate of drug-likeness (QED) is 0.549. The van der Waals surface area contributed by atoms with Crippen LogP contribution in [-0.4, -0.2) is 56.9 Å². The number of nitrogens with zero attached hydrogens (tertiary/aromatic N) is 5. The van der Waals surface area contributed by atoms with Gasteiger partial charge in [-0.1, -0.05) is 0 Å². The average Bonchev–Trinajstić information content (AvgIpc) is 3.39. The number of amides is 1. The predicted molar refractivity (Wildman–Crippen MR) is 111 cm³/mol. The molecule has 1 aliphatic rings. The summed E-state index contributed by atoms with van der Waals surface area (Å²) in [7, 11) is 4.62. The molecule has 3 heterocycles. The molecule has 0 saturated heterocycles. The Hall–Kier alpha value is -3.73. The molecular weight excluding hydrogens is 428 g/mol. The van der Waals surface area contributed by atoms with E-state index in [9.17, 15) is 9.90 Å². The van der Waals surface area contributed by atoms with Crippen LogP contribution in [0.1, 0.15) is 11.3 Å². The molecule has 11 nitrogen and oxygen atoms in total. The topological polar surface area (TPSA) is 124 Å². The lowest BCUT2D eigenvalue weighted by Gasteiger charge is -2.14. The molecule has 0 bridgehead atoms. The average molecular weight is 447 g/mol. The Morgan fingerprint density at radius 1 is 1.13 bits per heavy atom. The van der Waals surface area contributed by atoms with Crippen molar-refractivity contribution in [3.63, 3.8) is 0 Å². The van der Waals surface area contributed by atoms with Crippen molar-refractivity contribution in [2.45, 2.75) is 13.1 Å². The number of methoxy groups -OCH3 is 3. The van der Waals surface area contributed by atoms with Crippen LogP contribution in [0.5, 0.6) is 17.2 Å². The summed E-state index contributed by atoms with van der Waals surface area (Å²) in [5, 5.41) is 12.4. The SMILES string of the molecule is COc1cc(-n2cnc(Nc3nc(Cl)nc4c3CN(C(=O)O)C4)c2)cc(OC)c1OC. The molecule has 0 radical (unpaired) electrons. The predicted octanol–water partition coefficient (Wildman–Crippen LogP) is 3.08. The molecule has 0 atom stereocenters. The van der Waals surface area contributed by atoms with E-state index in [4.69, 9.17) is 25.8 Å². The minimum Gasteiger partial charge on any atom is -0.493 e. The molecule has 0 spiro atoms. The molecule has 3 aromatic rings. The first-order valence-corrected chi connectivity index (χ1v) is 9.45. The molecule has 1 aromatic carbocycles. The van der Waals surface area contributed by atoms with Gasteiger partial charge in [0.2, 0.25) is 11.0 Å². The minimum absolute atomic E-state index is 0.0255. The zero-order valence-electron chi connectivity index (χ0n) is 16.9. The maximum absolute atomic E-state index is 11.3. The molecule has 0 saturated carbocycles. The summed E-state index contributed by atoms with van der Waals surface area (Å²) in [5.41, 5.74) is 1.96. The number of benzene rings is 1. The van der Waals surface area contributed by atoms with E-state index in [1.165, 1.54) is 12.0 Å². The number of carboxylic acid groups (broad SMARTS) is 1. The van der Waals surface area contributed by atoms with Gasteiger partial charge in [-0.25, -0.2) is 19.7 Å². The van der Waals surface area contributed by atoms with E-state index in [0.717, 1.165) is 5.69 Å². The molecule has 0 fully saturated rings. The fourth-order valence-electron chi connectivity index (χ4n) is 3.33. The third-order valence-corrected chi connectivity index (χ3v) is 4.97. The van der Waals surface area contributed by atoms with Crippen LogP contribution in [-0.2, 0) is 13.1 Å². The van der Waals surface area contributed by atoms with E-state index in [1.807, 2.05) is 0 Å². The van der Waals surface area contributed by atoms with Crippen molar-refractivity contribution in [1.29, 1.82) is 0 Å². The van der Waals surface area contributed by atoms with E-state index in [2.05, 4.69) is 20.3 Å². The highest BCUT2D eigenvalue weighted by Crippen LogP contribution is 2.39. The number of aromatic nitrogens is 4. The second-order valence-electron chi connectivity index (χ2n) is 6.58. The van der Waals surface area contributed by atoms with Crippen molar-refractivity contribution in [2.75, 3.05) is 26.6 Å². The van der Waals surface area contributed by atoms with Crippen LogP contribution in [0, 0.1) is 0 Å². The Balaban J connectivity index is 1.64. The Kier molecular flexibility index (Phi) is 5.42. The van der Waals surface area contributed by atoms with Gasteiger partial charge in [0.05, 0.1) is 52.0 Å². The number of carbonyl (C=O) groups is 1. The highest BCUT2D eigenvalue weighted by Gasteiger charge is 2.28. The Morgan fingerprint density at radius 3 is 2.45 bits per heavy atom. The fraction of sp³-hybridized carbons (Fsp3) is 0.263. The van der Waals surface area contributed by atoms with Crippen molar-refractivity contribution < 1.29 is 24.1 Å². The second-order valence-corrected chi connectivity index (χ2v) is 6.92. The van der Waals surface area contributed by atoms with Crippen LogP contribution in [0.25, 0.3) is 5.69 Å². The molecule has 2 N–H and O–H groups in total. The van der Waals surface area contributed by atoms with E-state index in [1.54, 1.807) is 43.4 Å². The first kappa shape index (κ1) is 20.5. The smallest absolute Gasteiger partial charge is 0.407 e. The van der Waals surface area contributed by atoms with Crippen molar-refractivity contribution in [1.82, 2.24) is 24.4 Å². The summed E-state index contributed by atoms with van der Waals surface area (Å²) in [6.45, 7) is 0.319. The van der Waals surface area contributed by atoms with Crippen molar-refractivity contribution in [3.05, 3.63) is 41.2 Å². The van der Waals surface area contributed by atoms with Crippen LogP contribution in [0.2, 0.25) is 5.28 Å². The van der Waals surface area contributed by atoms with E-state index >= 15 is 0 Å². The molecule has 2 aromatic heterocycles. The van der Waals surface area contributed by atoms with E-state index in [-0.39, 0.29) is 18.4 Å². The maximum Gasteiger partial charge on any atom is 0.407 e. The van der Waals surface area contributed by atoms with Gasteiger partial charge in [-0.05, 0) is 11.6 Å². The summed E-state index contributed by atoms with van der Waals surface area (Å²) in [6.07, 6.45) is 2.31. The Labute approximate surface area is 182 Å². The van der Waals surface area contributed by atoms with Crippen LogP contribution >= 0.6 is 11.6 Å². The molecule has 0 aliphatic carbocycles. The zero-order valence-corrected chi connectivity index (χ0v) is 17.7. The molecule has 4 rings (SSSR count). The lowest BCUT2D eigenvalue weighted by Crippen LogP contribution is -2.22. The van der Waals surface area contributed by atoms with E-state index in [0.29, 0.717) is 40.1 Å². The van der Waals surface area contributed by atoms with E-state index < -0.39 is 6.09 Å². The van der Waals surface area contributed by atoms with Gasteiger partial charge in [0, 0.05) is 17.7 Å². The van der Waals surface area contributed by atoms with Gasteiger partial charge in [0.15, 0.2) is 11.5 Å². The fourth-order valence-corrected chi connectivity index (χ4v) is 3.52. The van der Waals surface area contributed by atoms with Gasteiger partial charge < -0.3 is 29.2 Å². The zero-order chi connectivity index (χ0) is 22.1. The number of fused-ring (bicyclic) bond motifs is 1. The number of hydrogen-bond acceptors (Lipinski definition) is 8. The first-order chi connectivity index (χ1) is 14.9. The van der Waals surface area contributed by atoms with Gasteiger partial charge >= 0.3 is 6.09 Å².